The molecule has 1 aromatic rings. The van der Waals surface area contributed by atoms with E-state index >= 15 is 0 Å². The highest BCUT2D eigenvalue weighted by molar-refractivity contribution is 5.75. The number of nitrogens with zero attached hydrogens (tertiary/aromatic N) is 1. The highest BCUT2D eigenvalue weighted by atomic mass is 16.1. The summed E-state index contributed by atoms with van der Waals surface area (Å²) in [4.78, 5) is 13.7. The number of aryl methyl sites for hydroxylation is 2. The van der Waals surface area contributed by atoms with Crippen LogP contribution in [0, 0.1) is 6.92 Å². The van der Waals surface area contributed by atoms with Gasteiger partial charge in [0.1, 0.15) is 0 Å². The highest BCUT2D eigenvalue weighted by Crippen LogP contribution is 2.07. The van der Waals surface area contributed by atoms with Crippen molar-refractivity contribution in [1.29, 1.82) is 0 Å². The number of hydrogen-bond donors (Lipinski definition) is 1. The first-order valence-electron chi connectivity index (χ1n) is 7.05. The molecule has 0 radical (unpaired) electrons. The van der Waals surface area contributed by atoms with E-state index in [1.54, 1.807) is 0 Å². The van der Waals surface area contributed by atoms with E-state index in [2.05, 4.69) is 41.4 Å². The second-order valence-corrected chi connectivity index (χ2v) is 5.35. The van der Waals surface area contributed by atoms with Crippen molar-refractivity contribution < 1.29 is 4.79 Å². The maximum Gasteiger partial charge on any atom is 0.220 e. The lowest BCUT2D eigenvalue weighted by Gasteiger charge is -2.09. The number of carbonyl (C=O) groups excluding carboxylic acids is 1. The molecule has 0 saturated carbocycles. The molecule has 1 amide bonds. The van der Waals surface area contributed by atoms with Crippen LogP contribution in [0.4, 0.5) is 0 Å². The minimum Gasteiger partial charge on any atom is -0.356 e. The summed E-state index contributed by atoms with van der Waals surface area (Å²) >= 11 is 0. The molecule has 0 aliphatic carbocycles. The molecule has 3 heteroatoms. The van der Waals surface area contributed by atoms with E-state index in [-0.39, 0.29) is 5.91 Å². The van der Waals surface area contributed by atoms with Gasteiger partial charge >= 0.3 is 0 Å². The Balaban J connectivity index is 2.08. The van der Waals surface area contributed by atoms with Crippen molar-refractivity contribution in [2.24, 2.45) is 0 Å². The predicted octanol–water partition coefficient (Wildman–Crippen LogP) is 2.39. The molecule has 1 aromatic carbocycles. The Morgan fingerprint density at radius 1 is 1.16 bits per heavy atom. The van der Waals surface area contributed by atoms with Gasteiger partial charge in [-0.25, -0.2) is 0 Å². The van der Waals surface area contributed by atoms with Gasteiger partial charge in [0.25, 0.3) is 0 Å². The standard InChI is InChI=1S/C16H26N2O/c1-14-8-10-15(11-9-14)6-4-7-16(19)17-12-5-13-18(2)3/h8-11H,4-7,12-13H2,1-3H3,(H,17,19). The highest BCUT2D eigenvalue weighted by Gasteiger charge is 2.01. The van der Waals surface area contributed by atoms with Crippen LogP contribution in [0.25, 0.3) is 0 Å². The van der Waals surface area contributed by atoms with Gasteiger partial charge in [-0.3, -0.25) is 4.79 Å². The van der Waals surface area contributed by atoms with Gasteiger partial charge in [-0.05, 0) is 52.4 Å². The van der Waals surface area contributed by atoms with Crippen molar-refractivity contribution in [3.05, 3.63) is 35.4 Å². The molecule has 19 heavy (non-hydrogen) atoms. The lowest BCUT2D eigenvalue weighted by Crippen LogP contribution is -2.26. The SMILES string of the molecule is Cc1ccc(CCCC(=O)NCCCN(C)C)cc1. The number of carbonyl (C=O) groups is 1. The summed E-state index contributed by atoms with van der Waals surface area (Å²) < 4.78 is 0. The molecule has 0 bridgehead atoms. The van der Waals surface area contributed by atoms with Crippen LogP contribution >= 0.6 is 0 Å². The molecule has 0 unspecified atom stereocenters. The van der Waals surface area contributed by atoms with E-state index in [0.29, 0.717) is 6.42 Å². The number of hydrogen-bond acceptors (Lipinski definition) is 2. The number of benzene rings is 1. The smallest absolute Gasteiger partial charge is 0.220 e. The fraction of sp³-hybridized carbons (Fsp3) is 0.562. The summed E-state index contributed by atoms with van der Waals surface area (Å²) in [6, 6.07) is 8.53. The lowest BCUT2D eigenvalue weighted by atomic mass is 10.1. The number of nitrogens with one attached hydrogen (secondary N) is 1. The summed E-state index contributed by atoms with van der Waals surface area (Å²) in [7, 11) is 4.09. The van der Waals surface area contributed by atoms with Gasteiger partial charge in [-0.15, -0.1) is 0 Å². The van der Waals surface area contributed by atoms with Crippen LogP contribution in [0.3, 0.4) is 0 Å². The maximum absolute atomic E-state index is 11.6. The third-order valence-electron chi connectivity index (χ3n) is 3.09. The molecule has 0 fully saturated rings. The van der Waals surface area contributed by atoms with Crippen molar-refractivity contribution >= 4 is 5.91 Å². The van der Waals surface area contributed by atoms with E-state index in [0.717, 1.165) is 32.4 Å². The zero-order chi connectivity index (χ0) is 14.1. The second kappa shape index (κ2) is 8.70. The molecule has 0 aliphatic heterocycles. The van der Waals surface area contributed by atoms with Gasteiger partial charge in [0.2, 0.25) is 5.91 Å². The van der Waals surface area contributed by atoms with E-state index < -0.39 is 0 Å². The molecule has 1 rings (SSSR count). The molecular weight excluding hydrogens is 236 g/mol. The zero-order valence-electron chi connectivity index (χ0n) is 12.4. The predicted molar refractivity (Wildman–Crippen MR) is 80.3 cm³/mol. The summed E-state index contributed by atoms with van der Waals surface area (Å²) in [5, 5.41) is 2.97. The van der Waals surface area contributed by atoms with Crippen molar-refractivity contribution in [2.75, 3.05) is 27.2 Å². The van der Waals surface area contributed by atoms with Crippen molar-refractivity contribution in [3.63, 3.8) is 0 Å². The first-order valence-corrected chi connectivity index (χ1v) is 7.05. The Morgan fingerprint density at radius 2 is 1.84 bits per heavy atom. The van der Waals surface area contributed by atoms with Gasteiger partial charge in [0.05, 0.1) is 0 Å². The third kappa shape index (κ3) is 7.62. The zero-order valence-corrected chi connectivity index (χ0v) is 12.4. The fourth-order valence-corrected chi connectivity index (χ4v) is 1.92. The minimum atomic E-state index is 0.172. The van der Waals surface area contributed by atoms with E-state index in [4.69, 9.17) is 0 Å². The average molecular weight is 262 g/mol. The number of amides is 1. The molecule has 3 nitrogen and oxygen atoms in total. The molecule has 0 spiro atoms. The first kappa shape index (κ1) is 15.7. The fourth-order valence-electron chi connectivity index (χ4n) is 1.92. The van der Waals surface area contributed by atoms with Gasteiger partial charge in [-0.2, -0.15) is 0 Å². The molecule has 1 N–H and O–H groups in total. The summed E-state index contributed by atoms with van der Waals surface area (Å²) in [6.07, 6.45) is 3.53. The molecule has 0 aromatic heterocycles. The summed E-state index contributed by atoms with van der Waals surface area (Å²) in [6.45, 7) is 3.89. The summed E-state index contributed by atoms with van der Waals surface area (Å²) in [5.74, 6) is 0.172. The van der Waals surface area contributed by atoms with Gasteiger partial charge in [-0.1, -0.05) is 29.8 Å². The molecule has 0 heterocycles. The molecular formula is C16H26N2O. The monoisotopic (exact) mass is 262 g/mol. The molecule has 0 aliphatic rings. The largest absolute Gasteiger partial charge is 0.356 e. The van der Waals surface area contributed by atoms with Crippen LogP contribution in [-0.2, 0) is 11.2 Å². The van der Waals surface area contributed by atoms with Crippen molar-refractivity contribution in [3.8, 4) is 0 Å². The van der Waals surface area contributed by atoms with Crippen LogP contribution in [0.1, 0.15) is 30.4 Å². The van der Waals surface area contributed by atoms with Gasteiger partial charge < -0.3 is 10.2 Å². The van der Waals surface area contributed by atoms with Crippen LogP contribution in [0.2, 0.25) is 0 Å². The maximum atomic E-state index is 11.6. The van der Waals surface area contributed by atoms with E-state index in [1.807, 2.05) is 14.1 Å². The summed E-state index contributed by atoms with van der Waals surface area (Å²) in [5.41, 5.74) is 2.59. The Morgan fingerprint density at radius 3 is 2.47 bits per heavy atom. The third-order valence-corrected chi connectivity index (χ3v) is 3.09. The normalized spacial score (nSPS) is 10.7. The van der Waals surface area contributed by atoms with Crippen LogP contribution in [0.15, 0.2) is 24.3 Å². The van der Waals surface area contributed by atoms with Gasteiger partial charge in [0, 0.05) is 13.0 Å². The first-order chi connectivity index (χ1) is 9.08. The lowest BCUT2D eigenvalue weighted by molar-refractivity contribution is -0.121. The second-order valence-electron chi connectivity index (χ2n) is 5.35. The van der Waals surface area contributed by atoms with Crippen LogP contribution in [-0.4, -0.2) is 38.0 Å². The van der Waals surface area contributed by atoms with Crippen LogP contribution < -0.4 is 5.32 Å². The Labute approximate surface area is 117 Å². The Bertz CT molecular complexity index is 371. The Kier molecular flexibility index (Phi) is 7.19. The van der Waals surface area contributed by atoms with Crippen molar-refractivity contribution in [2.45, 2.75) is 32.6 Å². The molecule has 0 atom stereocenters. The van der Waals surface area contributed by atoms with E-state index in [1.165, 1.54) is 11.1 Å². The quantitative estimate of drug-likeness (QED) is 0.730. The van der Waals surface area contributed by atoms with Gasteiger partial charge in [0.15, 0.2) is 0 Å². The minimum absolute atomic E-state index is 0.172. The average Bonchev–Trinajstić information content (AvgIpc) is 2.37. The number of rotatable bonds is 8. The Hall–Kier alpha value is -1.35. The molecule has 0 saturated heterocycles. The molecule has 106 valence electrons. The van der Waals surface area contributed by atoms with E-state index in [9.17, 15) is 4.79 Å². The van der Waals surface area contributed by atoms with Crippen molar-refractivity contribution in [1.82, 2.24) is 10.2 Å². The topological polar surface area (TPSA) is 32.3 Å². The van der Waals surface area contributed by atoms with Crippen LogP contribution in [0.5, 0.6) is 0 Å².